The molecule has 1 fully saturated rings. The fraction of sp³-hybridized carbons (Fsp3) is 0.357. The molecule has 1 aliphatic rings. The minimum Gasteiger partial charge on any atom is -0.457 e. The lowest BCUT2D eigenvalue weighted by atomic mass is 10.1. The lowest BCUT2D eigenvalue weighted by molar-refractivity contribution is 0.0256. The third-order valence-corrected chi connectivity index (χ3v) is 3.19. The number of rotatable bonds is 4. The second-order valence-electron chi connectivity index (χ2n) is 4.29. The molecule has 1 aromatic carbocycles. The van der Waals surface area contributed by atoms with Gasteiger partial charge in [0.1, 0.15) is 6.10 Å². The molecule has 0 N–H and O–H groups in total. The molecule has 0 radical (unpaired) electrons. The van der Waals surface area contributed by atoms with Crippen LogP contribution in [0.3, 0.4) is 0 Å². The first kappa shape index (κ1) is 12.9. The molecule has 0 bridgehead atoms. The Balaban J connectivity index is 2.11. The number of carbonyl (C=O) groups is 1. The maximum Gasteiger partial charge on any atom is 0.341 e. The Labute approximate surface area is 110 Å². The molecular formula is C14H12ClFO2. The number of hydrogen-bond donors (Lipinski definition) is 0. The predicted octanol–water partition coefficient (Wildman–Crippen LogP) is 3.44. The number of ether oxygens (including phenoxy) is 1. The van der Waals surface area contributed by atoms with E-state index in [1.165, 1.54) is 18.2 Å². The molecule has 1 saturated carbocycles. The normalized spacial score (nSPS) is 15.8. The standard InChI is InChI=1S/C14H12ClFO2/c1-2-4-12(9-7-8-9)18-14(17)10-5-3-6-11(15)13(10)16/h1,3,5-6,9,12H,4,7-8H2. The minimum absolute atomic E-state index is 0.0932. The zero-order valence-corrected chi connectivity index (χ0v) is 10.4. The predicted molar refractivity (Wildman–Crippen MR) is 66.8 cm³/mol. The summed E-state index contributed by atoms with van der Waals surface area (Å²) in [6, 6.07) is 4.24. The third kappa shape index (κ3) is 2.83. The van der Waals surface area contributed by atoms with Crippen LogP contribution in [0.2, 0.25) is 5.02 Å². The Morgan fingerprint density at radius 3 is 2.94 bits per heavy atom. The maximum atomic E-state index is 13.6. The van der Waals surface area contributed by atoms with Crippen LogP contribution < -0.4 is 0 Å². The number of carbonyl (C=O) groups excluding carboxylic acids is 1. The van der Waals surface area contributed by atoms with Gasteiger partial charge in [0.05, 0.1) is 10.6 Å². The molecule has 4 heteroatoms. The Morgan fingerprint density at radius 1 is 1.61 bits per heavy atom. The smallest absolute Gasteiger partial charge is 0.341 e. The molecule has 0 aromatic heterocycles. The van der Waals surface area contributed by atoms with Gasteiger partial charge in [-0.25, -0.2) is 9.18 Å². The molecule has 1 aromatic rings. The average molecular weight is 267 g/mol. The summed E-state index contributed by atoms with van der Waals surface area (Å²) < 4.78 is 18.9. The minimum atomic E-state index is -0.751. The summed E-state index contributed by atoms with van der Waals surface area (Å²) in [5, 5.41) is -0.0932. The van der Waals surface area contributed by atoms with Crippen molar-refractivity contribution in [3.05, 3.63) is 34.6 Å². The fourth-order valence-electron chi connectivity index (χ4n) is 1.75. The van der Waals surface area contributed by atoms with Crippen molar-refractivity contribution in [1.29, 1.82) is 0 Å². The van der Waals surface area contributed by atoms with Gasteiger partial charge in [0, 0.05) is 6.42 Å². The highest BCUT2D eigenvalue weighted by molar-refractivity contribution is 6.31. The van der Waals surface area contributed by atoms with E-state index in [0.29, 0.717) is 12.3 Å². The first-order valence-corrected chi connectivity index (χ1v) is 6.09. The van der Waals surface area contributed by atoms with Crippen molar-refractivity contribution in [2.24, 2.45) is 5.92 Å². The van der Waals surface area contributed by atoms with Crippen LogP contribution in [0.1, 0.15) is 29.6 Å². The fourth-order valence-corrected chi connectivity index (χ4v) is 1.93. The van der Waals surface area contributed by atoms with E-state index in [1.54, 1.807) is 0 Å². The van der Waals surface area contributed by atoms with Crippen LogP contribution in [0.4, 0.5) is 4.39 Å². The molecule has 0 heterocycles. The second kappa shape index (κ2) is 5.41. The lowest BCUT2D eigenvalue weighted by Gasteiger charge is -2.15. The molecule has 0 aliphatic heterocycles. The first-order chi connectivity index (χ1) is 8.63. The summed E-state index contributed by atoms with van der Waals surface area (Å²) in [7, 11) is 0. The summed E-state index contributed by atoms with van der Waals surface area (Å²) >= 11 is 5.62. The van der Waals surface area contributed by atoms with Gasteiger partial charge < -0.3 is 4.74 Å². The first-order valence-electron chi connectivity index (χ1n) is 5.72. The number of halogens is 2. The van der Waals surface area contributed by atoms with Crippen LogP contribution in [0, 0.1) is 24.1 Å². The molecule has 2 rings (SSSR count). The van der Waals surface area contributed by atoms with Crippen LogP contribution in [-0.4, -0.2) is 12.1 Å². The Bertz CT molecular complexity index is 503. The van der Waals surface area contributed by atoms with Gasteiger partial charge in [-0.05, 0) is 30.9 Å². The van der Waals surface area contributed by atoms with E-state index < -0.39 is 11.8 Å². The van der Waals surface area contributed by atoms with Crippen molar-refractivity contribution in [3.63, 3.8) is 0 Å². The highest BCUT2D eigenvalue weighted by Gasteiger charge is 2.34. The highest BCUT2D eigenvalue weighted by Crippen LogP contribution is 2.36. The quantitative estimate of drug-likeness (QED) is 0.616. The zero-order chi connectivity index (χ0) is 13.1. The van der Waals surface area contributed by atoms with Crippen molar-refractivity contribution >= 4 is 17.6 Å². The molecule has 18 heavy (non-hydrogen) atoms. The Hall–Kier alpha value is -1.53. The van der Waals surface area contributed by atoms with E-state index in [2.05, 4.69) is 5.92 Å². The SMILES string of the molecule is C#CCC(OC(=O)c1cccc(Cl)c1F)C1CC1. The number of hydrogen-bond acceptors (Lipinski definition) is 2. The summed E-state index contributed by atoms with van der Waals surface area (Å²) in [4.78, 5) is 11.8. The van der Waals surface area contributed by atoms with Gasteiger partial charge in [0.25, 0.3) is 0 Å². The Kier molecular flexibility index (Phi) is 3.88. The molecule has 0 spiro atoms. The van der Waals surface area contributed by atoms with Gasteiger partial charge in [0.15, 0.2) is 5.82 Å². The summed E-state index contributed by atoms with van der Waals surface area (Å²) in [5.74, 6) is 1.33. The van der Waals surface area contributed by atoms with Crippen LogP contribution in [0.15, 0.2) is 18.2 Å². The maximum absolute atomic E-state index is 13.6. The van der Waals surface area contributed by atoms with Crippen molar-refractivity contribution in [3.8, 4) is 12.3 Å². The molecule has 94 valence electrons. The molecule has 1 aliphatic carbocycles. The zero-order valence-electron chi connectivity index (χ0n) is 9.66. The molecule has 1 unspecified atom stereocenters. The number of benzene rings is 1. The van der Waals surface area contributed by atoms with E-state index in [1.807, 2.05) is 0 Å². The van der Waals surface area contributed by atoms with E-state index in [0.717, 1.165) is 12.8 Å². The van der Waals surface area contributed by atoms with Crippen LogP contribution in [0.25, 0.3) is 0 Å². The summed E-state index contributed by atoms with van der Waals surface area (Å²) in [5.41, 5.74) is -0.148. The second-order valence-corrected chi connectivity index (χ2v) is 4.70. The average Bonchev–Trinajstić information content (AvgIpc) is 3.16. The van der Waals surface area contributed by atoms with E-state index >= 15 is 0 Å². The van der Waals surface area contributed by atoms with Crippen molar-refractivity contribution in [2.45, 2.75) is 25.4 Å². The highest BCUT2D eigenvalue weighted by atomic mass is 35.5. The van der Waals surface area contributed by atoms with Gasteiger partial charge in [-0.1, -0.05) is 17.7 Å². The van der Waals surface area contributed by atoms with Crippen molar-refractivity contribution in [1.82, 2.24) is 0 Å². The van der Waals surface area contributed by atoms with Crippen molar-refractivity contribution < 1.29 is 13.9 Å². The molecule has 0 amide bonds. The topological polar surface area (TPSA) is 26.3 Å². The summed E-state index contributed by atoms with van der Waals surface area (Å²) in [6.07, 6.45) is 7.26. The van der Waals surface area contributed by atoms with Crippen LogP contribution in [-0.2, 0) is 4.74 Å². The molecule has 1 atom stereocenters. The molecule has 0 saturated heterocycles. The largest absolute Gasteiger partial charge is 0.457 e. The third-order valence-electron chi connectivity index (χ3n) is 2.90. The van der Waals surface area contributed by atoms with Crippen LogP contribution >= 0.6 is 11.6 Å². The van der Waals surface area contributed by atoms with Crippen molar-refractivity contribution in [2.75, 3.05) is 0 Å². The van der Waals surface area contributed by atoms with E-state index in [9.17, 15) is 9.18 Å². The van der Waals surface area contributed by atoms with E-state index in [-0.39, 0.29) is 16.7 Å². The molecular weight excluding hydrogens is 255 g/mol. The van der Waals surface area contributed by atoms with Gasteiger partial charge in [-0.15, -0.1) is 12.3 Å². The van der Waals surface area contributed by atoms with Gasteiger partial charge >= 0.3 is 5.97 Å². The number of esters is 1. The van der Waals surface area contributed by atoms with Gasteiger partial charge in [-0.3, -0.25) is 0 Å². The monoisotopic (exact) mass is 266 g/mol. The summed E-state index contributed by atoms with van der Waals surface area (Å²) in [6.45, 7) is 0. The Morgan fingerprint density at radius 2 is 2.33 bits per heavy atom. The van der Waals surface area contributed by atoms with Gasteiger partial charge in [0.2, 0.25) is 0 Å². The van der Waals surface area contributed by atoms with Gasteiger partial charge in [-0.2, -0.15) is 0 Å². The molecule has 2 nitrogen and oxygen atoms in total. The number of terminal acetylenes is 1. The lowest BCUT2D eigenvalue weighted by Crippen LogP contribution is -2.20. The van der Waals surface area contributed by atoms with Crippen LogP contribution in [0.5, 0.6) is 0 Å². The van der Waals surface area contributed by atoms with E-state index in [4.69, 9.17) is 22.8 Å².